The summed E-state index contributed by atoms with van der Waals surface area (Å²) in [5.74, 6) is 4.05. The Morgan fingerprint density at radius 3 is 2.01 bits per heavy atom. The number of ether oxygens (including phenoxy) is 4. The van der Waals surface area contributed by atoms with E-state index in [4.69, 9.17) is 18.9 Å². The Morgan fingerprint density at radius 2 is 1.35 bits per heavy atom. The Morgan fingerprint density at radius 1 is 0.727 bits per heavy atom. The van der Waals surface area contributed by atoms with Crippen molar-refractivity contribution in [2.45, 2.75) is 42.6 Å². The van der Waals surface area contributed by atoms with Gasteiger partial charge in [-0.05, 0) is 114 Å². The third-order valence-electron chi connectivity index (χ3n) is 15.1. The van der Waals surface area contributed by atoms with E-state index >= 15 is 19.2 Å². The molecule has 14 heteroatoms. The molecule has 3 saturated heterocycles. The molecule has 4 aliphatic rings. The Balaban J connectivity index is 1.16. The molecule has 7 aromatic carbocycles. The van der Waals surface area contributed by atoms with E-state index in [2.05, 4.69) is 27.4 Å². The lowest BCUT2D eigenvalue weighted by Crippen LogP contribution is -2.55. The van der Waals surface area contributed by atoms with Crippen molar-refractivity contribution in [3.8, 4) is 23.3 Å². The number of fused-ring (bicyclic) bond motifs is 3. The van der Waals surface area contributed by atoms with Crippen LogP contribution >= 0.6 is 0 Å². The van der Waals surface area contributed by atoms with Crippen molar-refractivity contribution < 1.29 is 43.2 Å². The van der Waals surface area contributed by atoms with E-state index in [1.54, 1.807) is 37.4 Å². The van der Waals surface area contributed by atoms with Gasteiger partial charge in [-0.2, -0.15) is 0 Å². The van der Waals surface area contributed by atoms with E-state index in [0.29, 0.717) is 71.3 Å². The number of morpholine rings is 2. The average Bonchev–Trinajstić information content (AvgIpc) is 3.16. The maximum atomic E-state index is 16.9. The molecule has 388 valence electrons. The van der Waals surface area contributed by atoms with Gasteiger partial charge >= 0.3 is 12.0 Å². The molecule has 4 heterocycles. The van der Waals surface area contributed by atoms with Crippen LogP contribution in [0, 0.1) is 17.8 Å². The minimum Gasteiger partial charge on any atom is -0.497 e. The van der Waals surface area contributed by atoms with Gasteiger partial charge in [0.2, 0.25) is 11.8 Å². The molecular weight excluding hydrogens is 971 g/mol. The Labute approximate surface area is 447 Å². The van der Waals surface area contributed by atoms with Gasteiger partial charge in [-0.1, -0.05) is 115 Å². The van der Waals surface area contributed by atoms with Gasteiger partial charge in [0.1, 0.15) is 35.7 Å². The number of benzene rings is 7. The molecule has 3 fully saturated rings. The van der Waals surface area contributed by atoms with Crippen LogP contribution in [0.2, 0.25) is 0 Å². The lowest BCUT2D eigenvalue weighted by Gasteiger charge is -2.46. The van der Waals surface area contributed by atoms with Crippen LogP contribution in [-0.4, -0.2) is 86.5 Å². The van der Waals surface area contributed by atoms with Crippen molar-refractivity contribution in [3.05, 3.63) is 221 Å². The van der Waals surface area contributed by atoms with Crippen molar-refractivity contribution in [2.75, 3.05) is 61.7 Å². The molecular formula is C63H57N5O9. The number of rotatable bonds is 12. The Kier molecular flexibility index (Phi) is 14.3. The number of hydrogen-bond acceptors (Lipinski definition) is 11. The van der Waals surface area contributed by atoms with Gasteiger partial charge in [-0.25, -0.2) is 9.69 Å². The topological polar surface area (TPSA) is 159 Å². The molecule has 0 unspecified atom stereocenters. The summed E-state index contributed by atoms with van der Waals surface area (Å²) >= 11 is 0. The van der Waals surface area contributed by atoms with Crippen molar-refractivity contribution in [1.82, 2.24) is 10.2 Å². The number of nitrogens with one attached hydrogen (secondary N) is 2. The molecule has 4 aliphatic heterocycles. The first-order valence-electron chi connectivity index (χ1n) is 25.8. The number of esters is 1. The molecule has 11 rings (SSSR count). The number of amides is 4. The number of anilines is 3. The van der Waals surface area contributed by atoms with Crippen LogP contribution in [0.15, 0.2) is 182 Å². The summed E-state index contributed by atoms with van der Waals surface area (Å²) in [5, 5.41) is 16.0. The van der Waals surface area contributed by atoms with E-state index in [9.17, 15) is 5.11 Å². The highest BCUT2D eigenvalue weighted by molar-refractivity contribution is 6.25. The number of aliphatic hydroxyl groups is 1. The number of hydrogen-bond donors (Lipinski definition) is 3. The van der Waals surface area contributed by atoms with E-state index < -0.39 is 65.4 Å². The fourth-order valence-electron chi connectivity index (χ4n) is 11.6. The second-order valence-corrected chi connectivity index (χ2v) is 19.5. The third-order valence-corrected chi connectivity index (χ3v) is 15.1. The maximum Gasteiger partial charge on any atom is 0.329 e. The third kappa shape index (κ3) is 9.54. The number of imide groups is 1. The SMILES string of the molecule is COc1ccc(C#Cc2ccc3c(c2)[C@]2(C(=O)N3C(=O)N[C@H](C)c3ccccc3)[C@H](c3ccc(OCCO)cc3)N3[C@H](c4ccccc4)[C@H](c4ccccc4)OC(=O)[C@H]3[C@@H]2C(=O)Nc2ccc(N3CCOCC3)cc2)cc1. The van der Waals surface area contributed by atoms with Gasteiger partial charge < -0.3 is 39.6 Å². The summed E-state index contributed by atoms with van der Waals surface area (Å²) in [7, 11) is 1.59. The predicted octanol–water partition coefficient (Wildman–Crippen LogP) is 9.08. The van der Waals surface area contributed by atoms with Crippen molar-refractivity contribution >= 4 is 40.9 Å². The summed E-state index contributed by atoms with van der Waals surface area (Å²) in [6.45, 7) is 4.26. The quantitative estimate of drug-likeness (QED) is 0.0792. The smallest absolute Gasteiger partial charge is 0.329 e. The van der Waals surface area contributed by atoms with Gasteiger partial charge in [-0.3, -0.25) is 19.3 Å². The number of carbonyl (C=O) groups is 4. The fraction of sp³-hybridized carbons (Fsp3) is 0.238. The largest absolute Gasteiger partial charge is 0.497 e. The van der Waals surface area contributed by atoms with Crippen LogP contribution in [-0.2, 0) is 29.3 Å². The lowest BCUT2D eigenvalue weighted by molar-refractivity contribution is -0.177. The monoisotopic (exact) mass is 1030 g/mol. The van der Waals surface area contributed by atoms with Gasteiger partial charge in [0.25, 0.3) is 0 Å². The number of cyclic esters (lactones) is 1. The molecule has 1 spiro atoms. The Bertz CT molecular complexity index is 3330. The number of carbonyl (C=O) groups excluding carboxylic acids is 4. The molecule has 7 atom stereocenters. The molecule has 3 N–H and O–H groups in total. The summed E-state index contributed by atoms with van der Waals surface area (Å²) in [6.07, 6.45) is -0.924. The molecule has 14 nitrogen and oxygen atoms in total. The van der Waals surface area contributed by atoms with Gasteiger partial charge in [0, 0.05) is 35.6 Å². The van der Waals surface area contributed by atoms with Crippen LogP contribution in [0.1, 0.15) is 70.1 Å². The van der Waals surface area contributed by atoms with Crippen molar-refractivity contribution in [1.29, 1.82) is 0 Å². The van der Waals surface area contributed by atoms with Crippen LogP contribution in [0.5, 0.6) is 11.5 Å². The minimum atomic E-state index is -2.05. The predicted molar refractivity (Wildman–Crippen MR) is 291 cm³/mol. The molecule has 0 saturated carbocycles. The van der Waals surface area contributed by atoms with Gasteiger partial charge in [0.05, 0.1) is 56.7 Å². The lowest BCUT2D eigenvalue weighted by atomic mass is 9.65. The molecule has 4 amide bonds. The maximum absolute atomic E-state index is 16.9. The van der Waals surface area contributed by atoms with Crippen LogP contribution in [0.3, 0.4) is 0 Å². The van der Waals surface area contributed by atoms with Crippen molar-refractivity contribution in [2.24, 2.45) is 5.92 Å². The molecule has 0 bridgehead atoms. The van der Waals surface area contributed by atoms with E-state index in [0.717, 1.165) is 21.7 Å². The van der Waals surface area contributed by atoms with E-state index in [-0.39, 0.29) is 18.9 Å². The highest BCUT2D eigenvalue weighted by Gasteiger charge is 2.75. The zero-order valence-electron chi connectivity index (χ0n) is 42.6. The van der Waals surface area contributed by atoms with Crippen LogP contribution < -0.4 is 29.9 Å². The summed E-state index contributed by atoms with van der Waals surface area (Å²) in [4.78, 5) is 69.5. The van der Waals surface area contributed by atoms with Crippen molar-refractivity contribution in [3.63, 3.8) is 0 Å². The van der Waals surface area contributed by atoms with Crippen LogP contribution in [0.4, 0.5) is 21.9 Å². The highest BCUT2D eigenvalue weighted by Crippen LogP contribution is 2.66. The standard InChI is InChI=1S/C63H57N5O9/c1-41(44-12-6-3-7-13-44)64-62(73)67-53-33-22-43(19-18-42-20-29-50(74-2)30-21-42)40-52(53)63(61(67)72)54(59(70)65-48-25-27-49(28-26-48)66-34-37-75-38-35-66)56-60(71)77-57(46-16-10-5-11-17-46)55(45-14-8-4-9-15-45)68(56)58(63)47-23-31-51(32-24-47)76-39-36-69/h3-17,20-33,40-41,54-58,69H,34-39H2,1-2H3,(H,64,73)(H,65,70)/t41-,54-,55-,56-,57+,58+,63-/m1/s1. The van der Waals surface area contributed by atoms with Gasteiger partial charge in [-0.15, -0.1) is 0 Å². The highest BCUT2D eigenvalue weighted by atomic mass is 16.6. The van der Waals surface area contributed by atoms with Gasteiger partial charge in [0.15, 0.2) is 0 Å². The van der Waals surface area contributed by atoms with E-state index in [1.165, 1.54) is 0 Å². The zero-order chi connectivity index (χ0) is 53.0. The first kappa shape index (κ1) is 50.4. The Hall–Kier alpha value is -8.74. The molecule has 77 heavy (non-hydrogen) atoms. The first-order valence-corrected chi connectivity index (χ1v) is 25.8. The number of methoxy groups -OCH3 is 1. The second-order valence-electron chi connectivity index (χ2n) is 19.5. The van der Waals surface area contributed by atoms with Crippen LogP contribution in [0.25, 0.3) is 0 Å². The number of urea groups is 1. The minimum absolute atomic E-state index is 0.0366. The second kappa shape index (κ2) is 21.8. The molecule has 0 aromatic heterocycles. The number of nitrogens with zero attached hydrogens (tertiary/aromatic N) is 3. The fourth-order valence-corrected chi connectivity index (χ4v) is 11.6. The first-order chi connectivity index (χ1) is 37.7. The molecule has 7 aromatic rings. The zero-order valence-corrected chi connectivity index (χ0v) is 42.6. The average molecular weight is 1030 g/mol. The molecule has 0 aliphatic carbocycles. The molecule has 0 radical (unpaired) electrons. The number of aliphatic hydroxyl groups excluding tert-OH is 1. The summed E-state index contributed by atoms with van der Waals surface area (Å²) < 4.78 is 23.6. The van der Waals surface area contributed by atoms with E-state index in [1.807, 2.05) is 163 Å². The normalized spacial score (nSPS) is 22.0. The summed E-state index contributed by atoms with van der Waals surface area (Å²) in [5.41, 5.74) is 3.90. The summed E-state index contributed by atoms with van der Waals surface area (Å²) in [6, 6.07) is 51.0.